The minimum absolute atomic E-state index is 0.106. The lowest BCUT2D eigenvalue weighted by Gasteiger charge is -2.31. The van der Waals surface area contributed by atoms with Crippen LogP contribution in [0.15, 0.2) is 53.4 Å². The van der Waals surface area contributed by atoms with Gasteiger partial charge in [-0.05, 0) is 68.7 Å². The third-order valence-corrected chi connectivity index (χ3v) is 7.09. The molecule has 168 valence electrons. The Hall–Kier alpha value is -2.58. The van der Waals surface area contributed by atoms with Gasteiger partial charge < -0.3 is 14.8 Å². The number of carbonyl (C=O) groups is 1. The Morgan fingerprint density at radius 1 is 1.10 bits per heavy atom. The Balaban J connectivity index is 1.58. The molecule has 7 nitrogen and oxygen atoms in total. The van der Waals surface area contributed by atoms with Gasteiger partial charge in [0.05, 0.1) is 24.0 Å². The first-order chi connectivity index (χ1) is 14.8. The van der Waals surface area contributed by atoms with Crippen LogP contribution in [0.25, 0.3) is 0 Å². The van der Waals surface area contributed by atoms with E-state index in [4.69, 9.17) is 9.47 Å². The van der Waals surface area contributed by atoms with E-state index in [1.165, 1.54) is 23.5 Å². The van der Waals surface area contributed by atoms with Crippen LogP contribution in [-0.4, -0.2) is 44.9 Å². The molecule has 1 saturated heterocycles. The topological polar surface area (TPSA) is 84.9 Å². The van der Waals surface area contributed by atoms with E-state index in [0.717, 1.165) is 11.3 Å². The molecular formula is C23H30N2O5S. The second-order valence-corrected chi connectivity index (χ2v) is 9.84. The summed E-state index contributed by atoms with van der Waals surface area (Å²) < 4.78 is 38.1. The summed E-state index contributed by atoms with van der Waals surface area (Å²) in [5.41, 5.74) is 0.961. The number of carbonyl (C=O) groups excluding carboxylic acids is 1. The van der Waals surface area contributed by atoms with Gasteiger partial charge in [0.15, 0.2) is 0 Å². The standard InChI is InChI=1S/C23H30N2O5S/c1-17(2)30-21-8-6-18(7-9-21)15-24-23(26)19-5-4-14-25(16-19)31(27,28)22-12-10-20(29-3)11-13-22/h6-13,17,19H,4-5,14-16H2,1-3H3,(H,24,26). The molecule has 31 heavy (non-hydrogen) atoms. The molecule has 0 bridgehead atoms. The molecular weight excluding hydrogens is 416 g/mol. The highest BCUT2D eigenvalue weighted by atomic mass is 32.2. The number of nitrogens with zero attached hydrogens (tertiary/aromatic N) is 1. The van der Waals surface area contributed by atoms with Crippen LogP contribution in [0.3, 0.4) is 0 Å². The Morgan fingerprint density at radius 2 is 1.74 bits per heavy atom. The Kier molecular flexibility index (Phi) is 7.56. The van der Waals surface area contributed by atoms with Gasteiger partial charge in [-0.2, -0.15) is 4.31 Å². The first kappa shape index (κ1) is 23.1. The molecule has 1 amide bonds. The molecule has 1 N–H and O–H groups in total. The van der Waals surface area contributed by atoms with Crippen LogP contribution in [0.5, 0.6) is 11.5 Å². The summed E-state index contributed by atoms with van der Waals surface area (Å²) in [6.07, 6.45) is 1.42. The molecule has 1 heterocycles. The molecule has 8 heteroatoms. The molecule has 1 unspecified atom stereocenters. The van der Waals surface area contributed by atoms with Crippen LogP contribution in [0, 0.1) is 5.92 Å². The maximum absolute atomic E-state index is 13.0. The predicted octanol–water partition coefficient (Wildman–Crippen LogP) is 3.20. The van der Waals surface area contributed by atoms with Crippen molar-refractivity contribution in [3.63, 3.8) is 0 Å². The lowest BCUT2D eigenvalue weighted by Crippen LogP contribution is -2.45. The summed E-state index contributed by atoms with van der Waals surface area (Å²) in [5.74, 6) is 0.887. The highest BCUT2D eigenvalue weighted by Crippen LogP contribution is 2.25. The quantitative estimate of drug-likeness (QED) is 0.673. The lowest BCUT2D eigenvalue weighted by molar-refractivity contribution is -0.126. The zero-order valence-electron chi connectivity index (χ0n) is 18.2. The number of rotatable bonds is 8. The van der Waals surface area contributed by atoms with Crippen LogP contribution < -0.4 is 14.8 Å². The van der Waals surface area contributed by atoms with Crippen molar-refractivity contribution in [2.24, 2.45) is 5.92 Å². The number of methoxy groups -OCH3 is 1. The summed E-state index contributed by atoms with van der Waals surface area (Å²) in [5, 5.41) is 2.94. The van der Waals surface area contributed by atoms with E-state index in [9.17, 15) is 13.2 Å². The third kappa shape index (κ3) is 5.98. The first-order valence-corrected chi connectivity index (χ1v) is 11.9. The molecule has 0 radical (unpaired) electrons. The molecule has 0 aromatic heterocycles. The minimum atomic E-state index is -3.65. The second-order valence-electron chi connectivity index (χ2n) is 7.91. The molecule has 3 rings (SSSR count). The van der Waals surface area contributed by atoms with E-state index in [2.05, 4.69) is 5.32 Å². The van der Waals surface area contributed by atoms with Crippen molar-refractivity contribution in [3.05, 3.63) is 54.1 Å². The maximum Gasteiger partial charge on any atom is 0.243 e. The van der Waals surface area contributed by atoms with Gasteiger partial charge in [0.25, 0.3) is 0 Å². The van der Waals surface area contributed by atoms with Gasteiger partial charge in [0, 0.05) is 19.6 Å². The van der Waals surface area contributed by atoms with Crippen LogP contribution >= 0.6 is 0 Å². The summed E-state index contributed by atoms with van der Waals surface area (Å²) >= 11 is 0. The molecule has 0 spiro atoms. The van der Waals surface area contributed by atoms with E-state index in [0.29, 0.717) is 31.7 Å². The van der Waals surface area contributed by atoms with Crippen LogP contribution in [0.4, 0.5) is 0 Å². The fraction of sp³-hybridized carbons (Fsp3) is 0.435. The molecule has 1 aliphatic rings. The van der Waals surface area contributed by atoms with E-state index in [1.807, 2.05) is 38.1 Å². The number of hydrogen-bond acceptors (Lipinski definition) is 5. The summed E-state index contributed by atoms with van der Waals surface area (Å²) in [4.78, 5) is 12.9. The lowest BCUT2D eigenvalue weighted by atomic mass is 9.99. The Labute approximate surface area is 184 Å². The zero-order valence-corrected chi connectivity index (χ0v) is 19.0. The molecule has 2 aromatic rings. The summed E-state index contributed by atoms with van der Waals surface area (Å²) in [6, 6.07) is 13.9. The van der Waals surface area contributed by atoms with Gasteiger partial charge >= 0.3 is 0 Å². The molecule has 0 saturated carbocycles. The van der Waals surface area contributed by atoms with E-state index in [1.54, 1.807) is 12.1 Å². The number of sulfonamides is 1. The van der Waals surface area contributed by atoms with Gasteiger partial charge in [-0.1, -0.05) is 12.1 Å². The smallest absolute Gasteiger partial charge is 0.243 e. The fourth-order valence-electron chi connectivity index (χ4n) is 3.56. The number of hydrogen-bond donors (Lipinski definition) is 1. The van der Waals surface area contributed by atoms with Crippen LogP contribution in [0.1, 0.15) is 32.3 Å². The first-order valence-electron chi connectivity index (χ1n) is 10.5. The maximum atomic E-state index is 13.0. The van der Waals surface area contributed by atoms with Gasteiger partial charge in [-0.15, -0.1) is 0 Å². The fourth-order valence-corrected chi connectivity index (χ4v) is 5.09. The number of ether oxygens (including phenoxy) is 2. The van der Waals surface area contributed by atoms with E-state index >= 15 is 0 Å². The van der Waals surface area contributed by atoms with Gasteiger partial charge in [-0.25, -0.2) is 8.42 Å². The number of benzene rings is 2. The highest BCUT2D eigenvalue weighted by Gasteiger charge is 2.33. The molecule has 0 aliphatic carbocycles. The molecule has 1 atom stereocenters. The minimum Gasteiger partial charge on any atom is -0.497 e. The van der Waals surface area contributed by atoms with Crippen molar-refractivity contribution in [2.45, 2.75) is 44.2 Å². The largest absolute Gasteiger partial charge is 0.497 e. The van der Waals surface area contributed by atoms with Crippen molar-refractivity contribution >= 4 is 15.9 Å². The second kappa shape index (κ2) is 10.2. The van der Waals surface area contributed by atoms with Crippen molar-refractivity contribution in [1.29, 1.82) is 0 Å². The van der Waals surface area contributed by atoms with Crippen molar-refractivity contribution in [1.82, 2.24) is 9.62 Å². The van der Waals surface area contributed by atoms with E-state index < -0.39 is 10.0 Å². The van der Waals surface area contributed by atoms with E-state index in [-0.39, 0.29) is 29.4 Å². The van der Waals surface area contributed by atoms with Gasteiger partial charge in [-0.3, -0.25) is 4.79 Å². The molecule has 2 aromatic carbocycles. The number of amides is 1. The molecule has 1 fully saturated rings. The Bertz CT molecular complexity index is 972. The van der Waals surface area contributed by atoms with Gasteiger partial charge in [0.1, 0.15) is 11.5 Å². The normalized spacial score (nSPS) is 17.4. The van der Waals surface area contributed by atoms with Crippen molar-refractivity contribution in [2.75, 3.05) is 20.2 Å². The average molecular weight is 447 g/mol. The highest BCUT2D eigenvalue weighted by molar-refractivity contribution is 7.89. The van der Waals surface area contributed by atoms with Crippen molar-refractivity contribution < 1.29 is 22.7 Å². The SMILES string of the molecule is COc1ccc(S(=O)(=O)N2CCCC(C(=O)NCc3ccc(OC(C)C)cc3)C2)cc1. The summed E-state index contributed by atoms with van der Waals surface area (Å²) in [7, 11) is -2.12. The average Bonchev–Trinajstić information content (AvgIpc) is 2.78. The van der Waals surface area contributed by atoms with Gasteiger partial charge in [0.2, 0.25) is 15.9 Å². The zero-order chi connectivity index (χ0) is 22.4. The van der Waals surface area contributed by atoms with Crippen LogP contribution in [0.2, 0.25) is 0 Å². The third-order valence-electron chi connectivity index (χ3n) is 5.21. The predicted molar refractivity (Wildman–Crippen MR) is 119 cm³/mol. The molecule has 1 aliphatic heterocycles. The number of nitrogens with one attached hydrogen (secondary N) is 1. The number of piperidine rings is 1. The van der Waals surface area contributed by atoms with Crippen LogP contribution in [-0.2, 0) is 21.4 Å². The van der Waals surface area contributed by atoms with Crippen molar-refractivity contribution in [3.8, 4) is 11.5 Å². The summed E-state index contributed by atoms with van der Waals surface area (Å²) in [6.45, 7) is 4.92. The Morgan fingerprint density at radius 3 is 2.35 bits per heavy atom. The monoisotopic (exact) mass is 446 g/mol.